The summed E-state index contributed by atoms with van der Waals surface area (Å²) in [7, 11) is 0. The van der Waals surface area contributed by atoms with E-state index in [0.717, 1.165) is 32.6 Å². The van der Waals surface area contributed by atoms with Crippen molar-refractivity contribution in [3.8, 4) is 21.7 Å². The first-order valence-corrected chi connectivity index (χ1v) is 12.9. The van der Waals surface area contributed by atoms with E-state index in [1.165, 1.54) is 16.2 Å². The first-order valence-electron chi connectivity index (χ1n) is 11.2. The van der Waals surface area contributed by atoms with Gasteiger partial charge >= 0.3 is 5.97 Å². The third-order valence-electron chi connectivity index (χ3n) is 5.54. The number of nitrogens with zero attached hydrogens (tertiary/aromatic N) is 1. The van der Waals surface area contributed by atoms with Gasteiger partial charge in [-0.2, -0.15) is 0 Å². The van der Waals surface area contributed by atoms with Crippen LogP contribution in [-0.4, -0.2) is 23.5 Å². The van der Waals surface area contributed by atoms with Gasteiger partial charge in [0.25, 0.3) is 5.91 Å². The number of hydrogen-bond acceptors (Lipinski definition) is 6. The summed E-state index contributed by atoms with van der Waals surface area (Å²) in [6.45, 7) is 4.05. The van der Waals surface area contributed by atoms with Crippen LogP contribution in [0.25, 0.3) is 32.6 Å². The summed E-state index contributed by atoms with van der Waals surface area (Å²) in [5.74, 6) is -0.762. The van der Waals surface area contributed by atoms with Gasteiger partial charge in [-0.05, 0) is 43.7 Å². The van der Waals surface area contributed by atoms with Crippen molar-refractivity contribution in [1.29, 1.82) is 0 Å². The highest BCUT2D eigenvalue weighted by Gasteiger charge is 2.24. The van der Waals surface area contributed by atoms with E-state index in [2.05, 4.69) is 5.32 Å². The highest BCUT2D eigenvalue weighted by Crippen LogP contribution is 2.37. The monoisotopic (exact) mass is 498 g/mol. The Bertz CT molecular complexity index is 1540. The zero-order valence-electron chi connectivity index (χ0n) is 19.2. The van der Waals surface area contributed by atoms with Gasteiger partial charge in [-0.1, -0.05) is 48.5 Å². The van der Waals surface area contributed by atoms with Crippen LogP contribution in [0.3, 0.4) is 0 Å². The molecule has 5 rings (SSSR count). The van der Waals surface area contributed by atoms with E-state index in [-0.39, 0.29) is 12.5 Å². The molecule has 0 aliphatic heterocycles. The SMILES string of the molecule is CCOC(=O)c1c(-c2ccccc2)csc1NC(=O)c1cc(-c2ccc(C)s2)nc2ccccc12. The topological polar surface area (TPSA) is 68.3 Å². The van der Waals surface area contributed by atoms with Gasteiger partial charge in [0.15, 0.2) is 0 Å². The molecule has 0 fully saturated rings. The molecule has 0 aliphatic rings. The van der Waals surface area contributed by atoms with Crippen LogP contribution < -0.4 is 5.32 Å². The van der Waals surface area contributed by atoms with Crippen molar-refractivity contribution in [3.05, 3.63) is 94.2 Å². The maximum Gasteiger partial charge on any atom is 0.341 e. The number of aromatic nitrogens is 1. The summed E-state index contributed by atoms with van der Waals surface area (Å²) in [6.07, 6.45) is 0. The van der Waals surface area contributed by atoms with E-state index in [0.29, 0.717) is 16.1 Å². The van der Waals surface area contributed by atoms with Gasteiger partial charge in [0.05, 0.1) is 28.3 Å². The Morgan fingerprint density at radius 1 is 1.00 bits per heavy atom. The molecule has 174 valence electrons. The number of nitrogens with one attached hydrogen (secondary N) is 1. The fourth-order valence-corrected chi connectivity index (χ4v) is 5.70. The van der Waals surface area contributed by atoms with Crippen molar-refractivity contribution in [1.82, 2.24) is 4.98 Å². The van der Waals surface area contributed by atoms with Crippen LogP contribution in [0.4, 0.5) is 5.00 Å². The molecule has 0 unspecified atom stereocenters. The Balaban J connectivity index is 1.58. The van der Waals surface area contributed by atoms with Gasteiger partial charge in [-0.25, -0.2) is 9.78 Å². The van der Waals surface area contributed by atoms with E-state index in [4.69, 9.17) is 9.72 Å². The van der Waals surface area contributed by atoms with Crippen molar-refractivity contribution in [2.45, 2.75) is 13.8 Å². The lowest BCUT2D eigenvalue weighted by Gasteiger charge is -2.11. The third kappa shape index (κ3) is 4.60. The van der Waals surface area contributed by atoms with Crippen molar-refractivity contribution in [3.63, 3.8) is 0 Å². The van der Waals surface area contributed by atoms with Crippen LogP contribution in [0.2, 0.25) is 0 Å². The molecule has 5 nitrogen and oxygen atoms in total. The number of esters is 1. The van der Waals surface area contributed by atoms with E-state index in [1.807, 2.05) is 85.1 Å². The Labute approximate surface area is 211 Å². The molecule has 0 saturated carbocycles. The minimum absolute atomic E-state index is 0.245. The number of para-hydroxylation sites is 1. The average Bonchev–Trinajstić information content (AvgIpc) is 3.50. The average molecular weight is 499 g/mol. The Morgan fingerprint density at radius 2 is 1.77 bits per heavy atom. The van der Waals surface area contributed by atoms with Gasteiger partial charge in [0.2, 0.25) is 0 Å². The normalized spacial score (nSPS) is 10.9. The van der Waals surface area contributed by atoms with Crippen molar-refractivity contribution in [2.75, 3.05) is 11.9 Å². The molecule has 7 heteroatoms. The van der Waals surface area contributed by atoms with Crippen LogP contribution in [0.1, 0.15) is 32.5 Å². The minimum atomic E-state index is -0.461. The molecule has 3 aromatic heterocycles. The number of thiophene rings is 2. The highest BCUT2D eigenvalue weighted by molar-refractivity contribution is 7.15. The van der Waals surface area contributed by atoms with Crippen molar-refractivity contribution >= 4 is 50.5 Å². The first kappa shape index (κ1) is 23.0. The first-order chi connectivity index (χ1) is 17.0. The fraction of sp³-hybridized carbons (Fsp3) is 0.107. The van der Waals surface area contributed by atoms with Gasteiger partial charge in [-0.3, -0.25) is 4.79 Å². The summed E-state index contributed by atoms with van der Waals surface area (Å²) in [4.78, 5) is 33.5. The number of benzene rings is 2. The number of ether oxygens (including phenoxy) is 1. The quantitative estimate of drug-likeness (QED) is 0.247. The highest BCUT2D eigenvalue weighted by atomic mass is 32.1. The number of rotatable bonds is 6. The molecule has 3 heterocycles. The maximum atomic E-state index is 13.6. The number of carbonyl (C=O) groups excluding carboxylic acids is 2. The molecule has 0 bridgehead atoms. The van der Waals surface area contributed by atoms with Crippen molar-refractivity contribution < 1.29 is 14.3 Å². The summed E-state index contributed by atoms with van der Waals surface area (Å²) in [6, 6.07) is 23.1. The third-order valence-corrected chi connectivity index (χ3v) is 7.45. The molecule has 0 atom stereocenters. The van der Waals surface area contributed by atoms with Crippen LogP contribution in [0.5, 0.6) is 0 Å². The van der Waals surface area contributed by atoms with Gasteiger partial charge in [-0.15, -0.1) is 22.7 Å². The van der Waals surface area contributed by atoms with Crippen LogP contribution in [0.15, 0.2) is 78.2 Å². The second-order valence-corrected chi connectivity index (χ2v) is 10.0. The smallest absolute Gasteiger partial charge is 0.341 e. The predicted molar refractivity (Wildman–Crippen MR) is 143 cm³/mol. The molecule has 0 saturated heterocycles. The lowest BCUT2D eigenvalue weighted by Crippen LogP contribution is -2.15. The summed E-state index contributed by atoms with van der Waals surface area (Å²) in [5, 5.41) is 6.07. The minimum Gasteiger partial charge on any atom is -0.462 e. The number of anilines is 1. The Hall–Kier alpha value is -3.81. The second kappa shape index (κ2) is 9.82. The zero-order chi connectivity index (χ0) is 24.4. The number of carbonyl (C=O) groups is 2. The number of aryl methyl sites for hydroxylation is 1. The lowest BCUT2D eigenvalue weighted by molar-refractivity contribution is 0.0529. The number of pyridine rings is 1. The Morgan fingerprint density at radius 3 is 2.51 bits per heavy atom. The largest absolute Gasteiger partial charge is 0.462 e. The summed E-state index contributed by atoms with van der Waals surface area (Å²) in [5.41, 5.74) is 3.97. The molecule has 0 aliphatic carbocycles. The summed E-state index contributed by atoms with van der Waals surface area (Å²) < 4.78 is 5.33. The van der Waals surface area contributed by atoms with Crippen LogP contribution in [-0.2, 0) is 4.74 Å². The second-order valence-electron chi connectivity index (χ2n) is 7.88. The van der Waals surface area contributed by atoms with E-state index in [1.54, 1.807) is 18.3 Å². The summed E-state index contributed by atoms with van der Waals surface area (Å²) >= 11 is 2.94. The van der Waals surface area contributed by atoms with Gasteiger partial charge < -0.3 is 10.1 Å². The van der Waals surface area contributed by atoms with Crippen LogP contribution >= 0.6 is 22.7 Å². The van der Waals surface area contributed by atoms with E-state index in [9.17, 15) is 9.59 Å². The lowest BCUT2D eigenvalue weighted by atomic mass is 10.0. The number of hydrogen-bond donors (Lipinski definition) is 1. The molecule has 1 amide bonds. The standard InChI is InChI=1S/C28H22N2O3S2/c1-3-33-28(32)25-21(18-9-5-4-6-10-18)16-34-27(25)30-26(31)20-15-23(24-14-13-17(2)35-24)29-22-12-8-7-11-19(20)22/h4-16H,3H2,1-2H3,(H,30,31). The number of amides is 1. The molecular formula is C28H22N2O3S2. The fourth-order valence-electron chi connectivity index (χ4n) is 3.92. The molecule has 35 heavy (non-hydrogen) atoms. The maximum absolute atomic E-state index is 13.6. The van der Waals surface area contributed by atoms with Crippen molar-refractivity contribution in [2.24, 2.45) is 0 Å². The van der Waals surface area contributed by atoms with E-state index >= 15 is 0 Å². The molecule has 0 spiro atoms. The van der Waals surface area contributed by atoms with Gasteiger partial charge in [0.1, 0.15) is 10.6 Å². The zero-order valence-corrected chi connectivity index (χ0v) is 20.8. The molecule has 1 N–H and O–H groups in total. The molecule has 5 aromatic rings. The van der Waals surface area contributed by atoms with E-state index < -0.39 is 5.97 Å². The Kier molecular flexibility index (Phi) is 6.44. The van der Waals surface area contributed by atoms with Gasteiger partial charge in [0, 0.05) is 21.2 Å². The number of fused-ring (bicyclic) bond motifs is 1. The predicted octanol–water partition coefficient (Wildman–Crippen LogP) is 7.43. The molecular weight excluding hydrogens is 476 g/mol. The van der Waals surface area contributed by atoms with Crippen LogP contribution in [0, 0.1) is 6.92 Å². The molecule has 2 aromatic carbocycles. The molecule has 0 radical (unpaired) electrons.